The number of carbonyl (C=O) groups excluding carboxylic acids is 1. The van der Waals surface area contributed by atoms with Gasteiger partial charge in [-0.1, -0.05) is 6.92 Å². The zero-order valence-corrected chi connectivity index (χ0v) is 21.2. The summed E-state index contributed by atoms with van der Waals surface area (Å²) in [6, 6.07) is 4.68. The fraction of sp³-hybridized carbons (Fsp3) is 0.360. The van der Waals surface area contributed by atoms with Crippen LogP contribution in [0.5, 0.6) is 11.6 Å². The van der Waals surface area contributed by atoms with Gasteiger partial charge in [0, 0.05) is 18.6 Å². The van der Waals surface area contributed by atoms with Crippen molar-refractivity contribution in [2.24, 2.45) is 0 Å². The van der Waals surface area contributed by atoms with Gasteiger partial charge in [0.2, 0.25) is 5.65 Å². The lowest BCUT2D eigenvalue weighted by Crippen LogP contribution is -2.16. The van der Waals surface area contributed by atoms with Gasteiger partial charge in [-0.3, -0.25) is 9.08 Å². The maximum Gasteiger partial charge on any atom is 0.435 e. The van der Waals surface area contributed by atoms with E-state index in [9.17, 15) is 28.2 Å². The summed E-state index contributed by atoms with van der Waals surface area (Å²) < 4.78 is 59.5. The van der Waals surface area contributed by atoms with Crippen molar-refractivity contribution >= 4 is 11.6 Å². The van der Waals surface area contributed by atoms with Crippen LogP contribution in [-0.4, -0.2) is 78.2 Å². The quantitative estimate of drug-likeness (QED) is 0.133. The van der Waals surface area contributed by atoms with Crippen LogP contribution in [0.15, 0.2) is 43.0 Å². The molecule has 0 amide bonds. The Morgan fingerprint density at radius 1 is 1.15 bits per heavy atom. The van der Waals surface area contributed by atoms with Crippen LogP contribution >= 0.6 is 0 Å². The molecule has 0 saturated heterocycles. The fourth-order valence-electron chi connectivity index (χ4n) is 3.92. The van der Waals surface area contributed by atoms with E-state index in [2.05, 4.69) is 15.1 Å². The zero-order valence-electron chi connectivity index (χ0n) is 21.2. The zero-order chi connectivity index (χ0) is 28.9. The van der Waals surface area contributed by atoms with Crippen LogP contribution in [0.2, 0.25) is 0 Å². The van der Waals surface area contributed by atoms with Gasteiger partial charge in [0.05, 0.1) is 49.4 Å². The number of alkyl halides is 3. The molecule has 0 fully saturated rings. The molecular weight excluding hydrogens is 539 g/mol. The summed E-state index contributed by atoms with van der Waals surface area (Å²) in [5.74, 6) is -0.242. The lowest BCUT2D eigenvalue weighted by atomic mass is 10.1. The molecule has 15 heteroatoms. The predicted molar refractivity (Wildman–Crippen MR) is 132 cm³/mol. The highest BCUT2D eigenvalue weighted by molar-refractivity contribution is 5.91. The number of benzene rings is 1. The second-order valence-electron chi connectivity index (χ2n) is 8.41. The number of ether oxygens (including phenoxy) is 3. The number of nitrogens with zero attached hydrogens (tertiary/aromatic N) is 5. The Morgan fingerprint density at radius 2 is 1.95 bits per heavy atom. The third kappa shape index (κ3) is 6.56. The van der Waals surface area contributed by atoms with Crippen molar-refractivity contribution in [3.05, 3.63) is 59.8 Å². The number of hydrogen-bond acceptors (Lipinski definition) is 10. The molecule has 4 rings (SSSR count). The standard InChI is InChI=1S/C25H26F3N5O7/c1-2-15-11-16(3-4-17(15)24(37)39-10-9-38-8-7-34)40-23-22-30-12-19(33(22)6-5-29-23)18-13-32(14-20(35)36)31-21(18)25(26,27)28/h3-6,11-13,20,34-36H,2,7-10,14H2,1H3. The molecule has 4 aromatic rings. The Kier molecular flexibility index (Phi) is 8.99. The van der Waals surface area contributed by atoms with Gasteiger partial charge in [0.1, 0.15) is 12.4 Å². The molecule has 3 heterocycles. The van der Waals surface area contributed by atoms with Crippen molar-refractivity contribution < 1.29 is 47.5 Å². The van der Waals surface area contributed by atoms with E-state index >= 15 is 0 Å². The van der Waals surface area contributed by atoms with Gasteiger partial charge in [0.15, 0.2) is 12.0 Å². The van der Waals surface area contributed by atoms with Crippen molar-refractivity contribution in [1.82, 2.24) is 24.1 Å². The predicted octanol–water partition coefficient (Wildman–Crippen LogP) is 2.44. The molecule has 40 heavy (non-hydrogen) atoms. The third-order valence-electron chi connectivity index (χ3n) is 5.64. The van der Waals surface area contributed by atoms with Crippen molar-refractivity contribution in [2.45, 2.75) is 32.4 Å². The van der Waals surface area contributed by atoms with Gasteiger partial charge in [-0.15, -0.1) is 0 Å². The normalized spacial score (nSPS) is 11.9. The molecule has 0 saturated carbocycles. The van der Waals surface area contributed by atoms with E-state index in [0.29, 0.717) is 23.3 Å². The number of carbonyl (C=O) groups is 1. The van der Waals surface area contributed by atoms with E-state index in [1.807, 2.05) is 6.92 Å². The largest absolute Gasteiger partial charge is 0.460 e. The van der Waals surface area contributed by atoms with Crippen LogP contribution in [0.1, 0.15) is 28.5 Å². The van der Waals surface area contributed by atoms with Crippen LogP contribution in [-0.2, 0) is 28.6 Å². The molecular formula is C25H26F3N5O7. The lowest BCUT2D eigenvalue weighted by molar-refractivity contribution is -0.141. The van der Waals surface area contributed by atoms with Gasteiger partial charge in [-0.25, -0.2) is 14.8 Å². The summed E-state index contributed by atoms with van der Waals surface area (Å²) in [5, 5.41) is 30.5. The molecule has 12 nitrogen and oxygen atoms in total. The van der Waals surface area contributed by atoms with Gasteiger partial charge >= 0.3 is 12.1 Å². The monoisotopic (exact) mass is 565 g/mol. The molecule has 214 valence electrons. The molecule has 0 spiro atoms. The van der Waals surface area contributed by atoms with E-state index < -0.39 is 30.7 Å². The van der Waals surface area contributed by atoms with E-state index in [1.54, 1.807) is 6.07 Å². The van der Waals surface area contributed by atoms with Crippen LogP contribution < -0.4 is 4.74 Å². The number of fused-ring (bicyclic) bond motifs is 1. The van der Waals surface area contributed by atoms with Gasteiger partial charge < -0.3 is 29.5 Å². The topological polar surface area (TPSA) is 153 Å². The average molecular weight is 566 g/mol. The number of hydrogen-bond donors (Lipinski definition) is 3. The molecule has 0 atom stereocenters. The summed E-state index contributed by atoms with van der Waals surface area (Å²) in [6.45, 7) is 1.46. The molecule has 3 N–H and O–H groups in total. The Morgan fingerprint density at radius 3 is 2.65 bits per heavy atom. The Hall–Kier alpha value is -4.05. The molecule has 0 aliphatic rings. The number of aromatic nitrogens is 5. The van der Waals surface area contributed by atoms with Crippen LogP contribution in [0, 0.1) is 0 Å². The first kappa shape index (κ1) is 28.9. The number of aryl methyl sites for hydroxylation is 1. The summed E-state index contributed by atoms with van der Waals surface area (Å²) in [7, 11) is 0. The second-order valence-corrected chi connectivity index (χ2v) is 8.41. The number of halogens is 3. The average Bonchev–Trinajstić information content (AvgIpc) is 3.52. The molecule has 0 radical (unpaired) electrons. The van der Waals surface area contributed by atoms with E-state index in [-0.39, 0.29) is 49.2 Å². The maximum atomic E-state index is 13.7. The minimum Gasteiger partial charge on any atom is -0.460 e. The van der Waals surface area contributed by atoms with Gasteiger partial charge in [-0.05, 0) is 30.2 Å². The molecule has 1 aromatic carbocycles. The summed E-state index contributed by atoms with van der Waals surface area (Å²) >= 11 is 0. The first-order chi connectivity index (χ1) is 19.1. The minimum absolute atomic E-state index is 0.00103. The van der Waals surface area contributed by atoms with E-state index in [1.165, 1.54) is 35.1 Å². The van der Waals surface area contributed by atoms with Crippen molar-refractivity contribution in [3.8, 4) is 22.9 Å². The fourth-order valence-corrected chi connectivity index (χ4v) is 3.92. The summed E-state index contributed by atoms with van der Waals surface area (Å²) in [5.41, 5.74) is -0.437. The molecule has 0 unspecified atom stereocenters. The Bertz CT molecular complexity index is 1470. The van der Waals surface area contributed by atoms with Crippen molar-refractivity contribution in [1.29, 1.82) is 0 Å². The van der Waals surface area contributed by atoms with Crippen LogP contribution in [0.4, 0.5) is 13.2 Å². The maximum absolute atomic E-state index is 13.7. The number of aliphatic hydroxyl groups is 3. The smallest absolute Gasteiger partial charge is 0.435 e. The van der Waals surface area contributed by atoms with Gasteiger partial charge in [0.25, 0.3) is 5.88 Å². The van der Waals surface area contributed by atoms with Crippen LogP contribution in [0.3, 0.4) is 0 Å². The highest BCUT2D eigenvalue weighted by Gasteiger charge is 2.38. The van der Waals surface area contributed by atoms with Crippen molar-refractivity contribution in [2.75, 3.05) is 26.4 Å². The highest BCUT2D eigenvalue weighted by Crippen LogP contribution is 2.37. The first-order valence-corrected chi connectivity index (χ1v) is 12.1. The molecule has 3 aromatic heterocycles. The molecule has 0 bridgehead atoms. The minimum atomic E-state index is -4.82. The SMILES string of the molecule is CCc1cc(Oc2nccn3c(-c4cn(CC(O)O)nc4C(F)(F)F)cnc23)ccc1C(=O)OCCOCCO. The summed E-state index contributed by atoms with van der Waals surface area (Å²) in [6.07, 6.45) is -1.25. The lowest BCUT2D eigenvalue weighted by Gasteiger charge is -2.12. The van der Waals surface area contributed by atoms with Gasteiger partial charge in [-0.2, -0.15) is 18.3 Å². The number of aliphatic hydroxyl groups excluding tert-OH is 2. The number of esters is 1. The van der Waals surface area contributed by atoms with Crippen LogP contribution in [0.25, 0.3) is 16.9 Å². The molecule has 0 aliphatic carbocycles. The highest BCUT2D eigenvalue weighted by atomic mass is 19.4. The molecule has 0 aliphatic heterocycles. The van der Waals surface area contributed by atoms with Crippen molar-refractivity contribution in [3.63, 3.8) is 0 Å². The second kappa shape index (κ2) is 12.4. The Balaban J connectivity index is 1.60. The summed E-state index contributed by atoms with van der Waals surface area (Å²) in [4.78, 5) is 20.9. The Labute approximate surface area is 225 Å². The number of imidazole rings is 1. The number of rotatable bonds is 12. The first-order valence-electron chi connectivity index (χ1n) is 12.1. The third-order valence-corrected chi connectivity index (χ3v) is 5.64. The van der Waals surface area contributed by atoms with E-state index in [4.69, 9.17) is 19.3 Å². The van der Waals surface area contributed by atoms with E-state index in [0.717, 1.165) is 10.9 Å².